The van der Waals surface area contributed by atoms with Gasteiger partial charge in [-0.15, -0.1) is 0 Å². The Labute approximate surface area is 137 Å². The average Bonchev–Trinajstić information content (AvgIpc) is 2.46. The Morgan fingerprint density at radius 3 is 2.52 bits per heavy atom. The van der Waals surface area contributed by atoms with Crippen LogP contribution >= 0.6 is 27.5 Å². The molecule has 1 unspecified atom stereocenters. The first kappa shape index (κ1) is 16.4. The van der Waals surface area contributed by atoms with E-state index in [0.29, 0.717) is 6.42 Å². The molecule has 0 aliphatic heterocycles. The molecular formula is C14H14BrClN2O2S. The number of aromatic nitrogens is 1. The third-order valence-corrected chi connectivity index (χ3v) is 5.19. The van der Waals surface area contributed by atoms with Crippen LogP contribution in [-0.2, 0) is 10.0 Å². The van der Waals surface area contributed by atoms with E-state index in [9.17, 15) is 8.42 Å². The smallest absolute Gasteiger partial charge is 0.241 e. The van der Waals surface area contributed by atoms with Gasteiger partial charge in [0.2, 0.25) is 10.0 Å². The molecular weight excluding hydrogens is 376 g/mol. The zero-order valence-corrected chi connectivity index (χ0v) is 14.4. The van der Waals surface area contributed by atoms with Crippen LogP contribution in [0.1, 0.15) is 24.9 Å². The minimum atomic E-state index is -3.64. The number of pyridine rings is 1. The molecule has 0 saturated carbocycles. The van der Waals surface area contributed by atoms with E-state index >= 15 is 0 Å². The van der Waals surface area contributed by atoms with Crippen molar-refractivity contribution in [2.45, 2.75) is 24.3 Å². The molecule has 1 aromatic heterocycles. The fourth-order valence-corrected chi connectivity index (χ4v) is 3.71. The number of rotatable bonds is 5. The standard InChI is InChI=1S/C14H14BrClN2O2S/c1-2-13(10-3-5-11(15)6-4-10)18-21(19,20)12-7-8-17-14(16)9-12/h3-9,13,18H,2H2,1H3. The van der Waals surface area contributed by atoms with E-state index in [0.717, 1.165) is 10.0 Å². The number of nitrogens with zero attached hydrogens (tertiary/aromatic N) is 1. The summed E-state index contributed by atoms with van der Waals surface area (Å²) in [5.41, 5.74) is 0.907. The Morgan fingerprint density at radius 2 is 1.95 bits per heavy atom. The predicted octanol–water partition coefficient (Wildman–Crippen LogP) is 3.93. The molecule has 0 fully saturated rings. The van der Waals surface area contributed by atoms with Gasteiger partial charge >= 0.3 is 0 Å². The van der Waals surface area contributed by atoms with Crippen molar-refractivity contribution in [2.75, 3.05) is 0 Å². The molecule has 0 aliphatic carbocycles. The van der Waals surface area contributed by atoms with Crippen LogP contribution in [0.4, 0.5) is 0 Å². The van der Waals surface area contributed by atoms with E-state index in [1.165, 1.54) is 18.3 Å². The van der Waals surface area contributed by atoms with E-state index in [4.69, 9.17) is 11.6 Å². The zero-order valence-electron chi connectivity index (χ0n) is 11.3. The molecule has 112 valence electrons. The molecule has 1 aromatic carbocycles. The monoisotopic (exact) mass is 388 g/mol. The van der Waals surface area contributed by atoms with E-state index in [1.54, 1.807) is 0 Å². The number of hydrogen-bond donors (Lipinski definition) is 1. The lowest BCUT2D eigenvalue weighted by Gasteiger charge is -2.17. The van der Waals surface area contributed by atoms with Crippen LogP contribution in [0.25, 0.3) is 0 Å². The summed E-state index contributed by atoms with van der Waals surface area (Å²) in [6, 6.07) is 10.0. The minimum Gasteiger partial charge on any atom is -0.244 e. The van der Waals surface area contributed by atoms with Gasteiger partial charge in [-0.3, -0.25) is 0 Å². The first-order valence-corrected chi connectivity index (χ1v) is 8.97. The molecule has 7 heteroatoms. The molecule has 0 spiro atoms. The second kappa shape index (κ2) is 6.87. The van der Waals surface area contributed by atoms with Crippen LogP contribution < -0.4 is 4.72 Å². The zero-order chi connectivity index (χ0) is 15.5. The molecule has 0 bridgehead atoms. The lowest BCUT2D eigenvalue weighted by molar-refractivity contribution is 0.550. The summed E-state index contributed by atoms with van der Waals surface area (Å²) in [5.74, 6) is 0. The van der Waals surface area contributed by atoms with Crippen molar-refractivity contribution in [2.24, 2.45) is 0 Å². The van der Waals surface area contributed by atoms with Crippen LogP contribution in [0.5, 0.6) is 0 Å². The van der Waals surface area contributed by atoms with Crippen molar-refractivity contribution in [1.82, 2.24) is 9.71 Å². The largest absolute Gasteiger partial charge is 0.244 e. The van der Waals surface area contributed by atoms with Crippen LogP contribution in [0.3, 0.4) is 0 Å². The van der Waals surface area contributed by atoms with E-state index < -0.39 is 10.0 Å². The topological polar surface area (TPSA) is 59.1 Å². The minimum absolute atomic E-state index is 0.109. The van der Waals surface area contributed by atoms with Gasteiger partial charge < -0.3 is 0 Å². The molecule has 1 atom stereocenters. The van der Waals surface area contributed by atoms with Gasteiger partial charge in [-0.05, 0) is 36.2 Å². The van der Waals surface area contributed by atoms with Crippen molar-refractivity contribution in [3.05, 3.63) is 57.8 Å². The highest BCUT2D eigenvalue weighted by Gasteiger charge is 2.20. The Balaban J connectivity index is 2.27. The van der Waals surface area contributed by atoms with Gasteiger partial charge in [0.05, 0.1) is 4.90 Å². The maximum Gasteiger partial charge on any atom is 0.241 e. The molecule has 0 amide bonds. The normalized spacial score (nSPS) is 13.1. The molecule has 1 heterocycles. The van der Waals surface area contributed by atoms with Crippen molar-refractivity contribution >= 4 is 37.6 Å². The number of benzene rings is 1. The third kappa shape index (κ3) is 4.26. The van der Waals surface area contributed by atoms with Crippen molar-refractivity contribution in [3.63, 3.8) is 0 Å². The highest BCUT2D eigenvalue weighted by molar-refractivity contribution is 9.10. The molecule has 21 heavy (non-hydrogen) atoms. The first-order chi connectivity index (χ1) is 9.92. The summed E-state index contributed by atoms with van der Waals surface area (Å²) in [6.45, 7) is 1.93. The van der Waals surface area contributed by atoms with E-state index in [1.807, 2.05) is 31.2 Å². The first-order valence-electron chi connectivity index (χ1n) is 6.31. The average molecular weight is 390 g/mol. The third-order valence-electron chi connectivity index (χ3n) is 2.99. The second-order valence-electron chi connectivity index (χ2n) is 4.45. The summed E-state index contributed by atoms with van der Waals surface area (Å²) in [6.07, 6.45) is 2.01. The van der Waals surface area contributed by atoms with E-state index in [-0.39, 0.29) is 16.1 Å². The van der Waals surface area contributed by atoms with Crippen LogP contribution in [0.15, 0.2) is 52.0 Å². The van der Waals surface area contributed by atoms with Gasteiger partial charge in [0.25, 0.3) is 0 Å². The number of hydrogen-bond acceptors (Lipinski definition) is 3. The van der Waals surface area contributed by atoms with Gasteiger partial charge in [0.15, 0.2) is 0 Å². The fraction of sp³-hybridized carbons (Fsp3) is 0.214. The quantitative estimate of drug-likeness (QED) is 0.788. The lowest BCUT2D eigenvalue weighted by atomic mass is 10.1. The maximum absolute atomic E-state index is 12.4. The summed E-state index contributed by atoms with van der Waals surface area (Å²) in [4.78, 5) is 3.90. The van der Waals surface area contributed by atoms with Gasteiger partial charge in [-0.1, -0.05) is 46.6 Å². The summed E-state index contributed by atoms with van der Waals surface area (Å²) >= 11 is 9.11. The van der Waals surface area contributed by atoms with Crippen molar-refractivity contribution in [3.8, 4) is 0 Å². The molecule has 1 N–H and O–H groups in total. The van der Waals surface area contributed by atoms with Crippen LogP contribution in [0, 0.1) is 0 Å². The summed E-state index contributed by atoms with van der Waals surface area (Å²) in [5, 5.41) is 0.148. The Hall–Kier alpha value is -0.950. The predicted molar refractivity (Wildman–Crippen MR) is 86.7 cm³/mol. The van der Waals surface area contributed by atoms with Gasteiger partial charge in [0.1, 0.15) is 5.15 Å². The molecule has 0 aliphatic rings. The lowest BCUT2D eigenvalue weighted by Crippen LogP contribution is -2.28. The maximum atomic E-state index is 12.4. The highest BCUT2D eigenvalue weighted by Crippen LogP contribution is 2.22. The summed E-state index contributed by atoms with van der Waals surface area (Å²) < 4.78 is 28.4. The van der Waals surface area contributed by atoms with Crippen molar-refractivity contribution in [1.29, 1.82) is 0 Å². The Bertz CT molecular complexity index is 720. The summed E-state index contributed by atoms with van der Waals surface area (Å²) in [7, 11) is -3.64. The molecule has 2 aromatic rings. The van der Waals surface area contributed by atoms with Crippen LogP contribution in [0.2, 0.25) is 5.15 Å². The number of halogens is 2. The van der Waals surface area contributed by atoms with E-state index in [2.05, 4.69) is 25.6 Å². The Morgan fingerprint density at radius 1 is 1.29 bits per heavy atom. The van der Waals surface area contributed by atoms with Gasteiger partial charge in [0, 0.05) is 16.7 Å². The van der Waals surface area contributed by atoms with Gasteiger partial charge in [-0.25, -0.2) is 18.1 Å². The molecule has 2 rings (SSSR count). The molecule has 0 saturated heterocycles. The SMILES string of the molecule is CCC(NS(=O)(=O)c1ccnc(Cl)c1)c1ccc(Br)cc1. The number of sulfonamides is 1. The Kier molecular flexibility index (Phi) is 5.37. The van der Waals surface area contributed by atoms with Gasteiger partial charge in [-0.2, -0.15) is 0 Å². The highest BCUT2D eigenvalue weighted by atomic mass is 79.9. The van der Waals surface area contributed by atoms with Crippen LogP contribution in [-0.4, -0.2) is 13.4 Å². The molecule has 4 nitrogen and oxygen atoms in total. The van der Waals surface area contributed by atoms with Crippen molar-refractivity contribution < 1.29 is 8.42 Å². The fourth-order valence-electron chi connectivity index (χ4n) is 1.89. The second-order valence-corrected chi connectivity index (χ2v) is 7.46. The number of nitrogens with one attached hydrogen (secondary N) is 1. The molecule has 0 radical (unpaired) electrons.